The van der Waals surface area contributed by atoms with Gasteiger partial charge in [-0.25, -0.2) is 4.98 Å². The number of nitrogens with zero attached hydrogens (tertiary/aromatic N) is 3. The van der Waals surface area contributed by atoms with Crippen molar-refractivity contribution in [3.05, 3.63) is 94.3 Å². The zero-order valence-electron chi connectivity index (χ0n) is 19.6. The normalized spacial score (nSPS) is 11.6. The molecular formula is C26H21Br3ClN3O3. The second-order valence-electron chi connectivity index (χ2n) is 8.15. The molecule has 0 spiro atoms. The summed E-state index contributed by atoms with van der Waals surface area (Å²) < 4.78 is 15.1. The molecular weight excluding hydrogens is 677 g/mol. The first-order chi connectivity index (χ1) is 17.2. The van der Waals surface area contributed by atoms with E-state index in [4.69, 9.17) is 21.1 Å². The molecule has 186 valence electrons. The molecule has 1 aromatic heterocycles. The number of halogens is 4. The van der Waals surface area contributed by atoms with E-state index in [9.17, 15) is 4.79 Å². The highest BCUT2D eigenvalue weighted by molar-refractivity contribution is 9.13. The number of aromatic nitrogens is 2. The summed E-state index contributed by atoms with van der Waals surface area (Å²) in [7, 11) is 1.56. The van der Waals surface area contributed by atoms with Gasteiger partial charge in [0.1, 0.15) is 12.4 Å². The number of methoxy groups -OCH3 is 1. The summed E-state index contributed by atoms with van der Waals surface area (Å²) in [5.41, 5.74) is 1.91. The van der Waals surface area contributed by atoms with E-state index < -0.39 is 0 Å². The molecule has 1 heterocycles. The summed E-state index contributed by atoms with van der Waals surface area (Å²) in [6.07, 6.45) is 1.59. The first-order valence-corrected chi connectivity index (χ1v) is 13.7. The molecule has 0 aliphatic heterocycles. The van der Waals surface area contributed by atoms with Crippen molar-refractivity contribution in [3.8, 4) is 11.5 Å². The van der Waals surface area contributed by atoms with E-state index in [-0.39, 0.29) is 18.1 Å². The maximum atomic E-state index is 13.3. The second kappa shape index (κ2) is 11.5. The third-order valence-corrected chi connectivity index (χ3v) is 8.37. The second-order valence-corrected chi connectivity index (χ2v) is 11.1. The molecule has 0 saturated carbocycles. The lowest BCUT2D eigenvalue weighted by atomic mass is 10.2. The van der Waals surface area contributed by atoms with Gasteiger partial charge >= 0.3 is 0 Å². The molecule has 0 fully saturated rings. The zero-order valence-corrected chi connectivity index (χ0v) is 25.1. The summed E-state index contributed by atoms with van der Waals surface area (Å²) in [4.78, 5) is 18.0. The van der Waals surface area contributed by atoms with Gasteiger partial charge in [-0.2, -0.15) is 9.78 Å². The van der Waals surface area contributed by atoms with Gasteiger partial charge < -0.3 is 9.47 Å². The fraction of sp³-hybridized carbons (Fsp3) is 0.192. The van der Waals surface area contributed by atoms with Gasteiger partial charge in [0.2, 0.25) is 0 Å². The lowest BCUT2D eigenvalue weighted by Gasteiger charge is -2.16. The van der Waals surface area contributed by atoms with Gasteiger partial charge in [0.05, 0.1) is 28.7 Å². The molecule has 0 amide bonds. The van der Waals surface area contributed by atoms with Gasteiger partial charge in [-0.1, -0.05) is 59.6 Å². The highest BCUT2D eigenvalue weighted by Crippen LogP contribution is 2.42. The first kappa shape index (κ1) is 26.9. The minimum absolute atomic E-state index is 0.0202. The third-order valence-electron chi connectivity index (χ3n) is 5.37. The van der Waals surface area contributed by atoms with Gasteiger partial charge in [-0.3, -0.25) is 4.79 Å². The number of rotatable bonds is 7. The van der Waals surface area contributed by atoms with Crippen LogP contribution < -0.4 is 15.0 Å². The van der Waals surface area contributed by atoms with Crippen LogP contribution >= 0.6 is 59.4 Å². The van der Waals surface area contributed by atoms with Crippen LogP contribution in [0.2, 0.25) is 5.02 Å². The zero-order chi connectivity index (χ0) is 26.0. The summed E-state index contributed by atoms with van der Waals surface area (Å²) in [5.74, 6) is 1.55. The van der Waals surface area contributed by atoms with Crippen LogP contribution in [0, 0.1) is 0 Å². The van der Waals surface area contributed by atoms with Gasteiger partial charge in [-0.15, -0.1) is 0 Å². The van der Waals surface area contributed by atoms with Gasteiger partial charge in [0.25, 0.3) is 5.56 Å². The molecule has 0 atom stereocenters. The molecule has 0 aliphatic carbocycles. The smallest absolute Gasteiger partial charge is 0.282 e. The van der Waals surface area contributed by atoms with Crippen molar-refractivity contribution in [2.45, 2.75) is 26.4 Å². The van der Waals surface area contributed by atoms with Crippen molar-refractivity contribution in [2.24, 2.45) is 5.10 Å². The van der Waals surface area contributed by atoms with E-state index in [1.807, 2.05) is 50.2 Å². The predicted octanol–water partition coefficient (Wildman–Crippen LogP) is 7.93. The van der Waals surface area contributed by atoms with Gasteiger partial charge in [0.15, 0.2) is 11.5 Å². The van der Waals surface area contributed by atoms with Crippen LogP contribution in [0.3, 0.4) is 0 Å². The number of fused-ring (bicyclic) bond motifs is 1. The molecule has 0 saturated heterocycles. The highest BCUT2D eigenvalue weighted by Gasteiger charge is 2.18. The number of hydrogen-bond acceptors (Lipinski definition) is 5. The summed E-state index contributed by atoms with van der Waals surface area (Å²) >= 11 is 16.9. The molecule has 10 heteroatoms. The Kier molecular flexibility index (Phi) is 8.55. The Hall–Kier alpha value is -2.20. The molecule has 4 aromatic rings. The maximum Gasteiger partial charge on any atom is 0.282 e. The van der Waals surface area contributed by atoms with Gasteiger partial charge in [-0.05, 0) is 62.2 Å². The highest BCUT2D eigenvalue weighted by atomic mass is 79.9. The van der Waals surface area contributed by atoms with Crippen LogP contribution in [0.4, 0.5) is 0 Å². The van der Waals surface area contributed by atoms with Crippen molar-refractivity contribution < 1.29 is 9.47 Å². The van der Waals surface area contributed by atoms with Crippen LogP contribution in [-0.4, -0.2) is 23.0 Å². The Morgan fingerprint density at radius 1 is 1.11 bits per heavy atom. The lowest BCUT2D eigenvalue weighted by Crippen LogP contribution is -2.23. The first-order valence-electron chi connectivity index (χ1n) is 10.9. The SMILES string of the molecule is COc1cc(C=Nn2c(C(C)C)nc3ccc(Br)cc3c2=O)c(Br)c(Br)c1OCc1ccccc1Cl. The van der Waals surface area contributed by atoms with Crippen molar-refractivity contribution >= 4 is 76.5 Å². The standard InChI is InChI=1S/C26H21Br3ClN3O3/c1-14(2)25-32-20-9-8-17(27)11-18(20)26(34)33(25)31-12-16-10-21(35-3)24(23(29)22(16)28)36-13-15-6-4-5-7-19(15)30/h4-12,14H,13H2,1-3H3. The Bertz CT molecular complexity index is 1540. The fourth-order valence-corrected chi connectivity index (χ4v) is 5.01. The van der Waals surface area contributed by atoms with Crippen LogP contribution in [0.5, 0.6) is 11.5 Å². The van der Waals surface area contributed by atoms with E-state index in [1.54, 1.807) is 25.5 Å². The lowest BCUT2D eigenvalue weighted by molar-refractivity contribution is 0.282. The van der Waals surface area contributed by atoms with E-state index in [1.165, 1.54) is 4.68 Å². The Morgan fingerprint density at radius 3 is 2.56 bits per heavy atom. The summed E-state index contributed by atoms with van der Waals surface area (Å²) in [6.45, 7) is 4.21. The molecule has 4 rings (SSSR count). The monoisotopic (exact) mass is 695 g/mol. The third kappa shape index (κ3) is 5.54. The van der Waals surface area contributed by atoms with E-state index >= 15 is 0 Å². The van der Waals surface area contributed by atoms with E-state index in [0.29, 0.717) is 47.8 Å². The average molecular weight is 699 g/mol. The minimum Gasteiger partial charge on any atom is -0.493 e. The summed E-state index contributed by atoms with van der Waals surface area (Å²) in [6, 6.07) is 14.7. The Morgan fingerprint density at radius 2 is 1.86 bits per heavy atom. The van der Waals surface area contributed by atoms with Gasteiger partial charge in [0, 0.05) is 31.0 Å². The van der Waals surface area contributed by atoms with Crippen LogP contribution in [-0.2, 0) is 6.61 Å². The molecule has 0 radical (unpaired) electrons. The molecule has 0 unspecified atom stereocenters. The van der Waals surface area contributed by atoms with Crippen molar-refractivity contribution in [1.82, 2.24) is 9.66 Å². The molecule has 0 bridgehead atoms. The number of benzene rings is 3. The average Bonchev–Trinajstić information content (AvgIpc) is 2.86. The predicted molar refractivity (Wildman–Crippen MR) is 155 cm³/mol. The van der Waals surface area contributed by atoms with Crippen LogP contribution in [0.1, 0.15) is 36.7 Å². The quantitative estimate of drug-likeness (QED) is 0.184. The minimum atomic E-state index is -0.247. The number of hydrogen-bond donors (Lipinski definition) is 0. The molecule has 0 N–H and O–H groups in total. The van der Waals surface area contributed by atoms with E-state index in [2.05, 4.69) is 57.9 Å². The summed E-state index contributed by atoms with van der Waals surface area (Å²) in [5, 5.41) is 5.63. The topological polar surface area (TPSA) is 65.7 Å². The molecule has 6 nitrogen and oxygen atoms in total. The molecule has 0 aliphatic rings. The van der Waals surface area contributed by atoms with Crippen LogP contribution in [0.25, 0.3) is 10.9 Å². The molecule has 3 aromatic carbocycles. The van der Waals surface area contributed by atoms with Crippen molar-refractivity contribution in [2.75, 3.05) is 7.11 Å². The number of ether oxygens (including phenoxy) is 2. The van der Waals surface area contributed by atoms with Crippen molar-refractivity contribution in [3.63, 3.8) is 0 Å². The van der Waals surface area contributed by atoms with Crippen molar-refractivity contribution in [1.29, 1.82) is 0 Å². The Labute approximate surface area is 238 Å². The van der Waals surface area contributed by atoms with Crippen LogP contribution in [0.15, 0.2) is 71.8 Å². The Balaban J connectivity index is 1.75. The maximum absolute atomic E-state index is 13.3. The van der Waals surface area contributed by atoms with E-state index in [0.717, 1.165) is 10.0 Å². The fourth-order valence-electron chi connectivity index (χ4n) is 3.52. The largest absolute Gasteiger partial charge is 0.493 e. The molecule has 36 heavy (non-hydrogen) atoms.